The van der Waals surface area contributed by atoms with Crippen molar-refractivity contribution in [3.8, 4) is 0 Å². The van der Waals surface area contributed by atoms with Crippen LogP contribution in [0.4, 0.5) is 5.69 Å². The number of thiocarbonyl (C=S) groups is 1. The molecule has 0 amide bonds. The number of nitrogens with zero attached hydrogens (tertiary/aromatic N) is 3. The van der Waals surface area contributed by atoms with E-state index >= 15 is 0 Å². The molecule has 1 saturated carbocycles. The van der Waals surface area contributed by atoms with Crippen molar-refractivity contribution in [2.45, 2.75) is 51.0 Å². The van der Waals surface area contributed by atoms with Crippen molar-refractivity contribution < 1.29 is 18.0 Å². The molecule has 1 aromatic heterocycles. The number of hydrogen-bond donors (Lipinski definition) is 2. The minimum Gasteiger partial charge on any atom is -0.379 e. The minimum atomic E-state index is -3.45. The van der Waals surface area contributed by atoms with Gasteiger partial charge in [0.25, 0.3) is 0 Å². The SMILES string of the molecule is O=S(=O)(CCCCCNC(=S)Nc1ccncc1)N(OCCN1CCOCC1)C1CCCC1. The van der Waals surface area contributed by atoms with Gasteiger partial charge in [0, 0.05) is 44.3 Å². The monoisotopic (exact) mass is 499 g/mol. The number of sulfonamides is 1. The average Bonchev–Trinajstić information content (AvgIpc) is 3.34. The van der Waals surface area contributed by atoms with E-state index in [2.05, 4.69) is 20.5 Å². The largest absolute Gasteiger partial charge is 0.379 e. The maximum Gasteiger partial charge on any atom is 0.236 e. The second-order valence-corrected chi connectivity index (χ2v) is 10.8. The Bertz CT molecular complexity index is 800. The van der Waals surface area contributed by atoms with Crippen molar-refractivity contribution in [3.05, 3.63) is 24.5 Å². The minimum absolute atomic E-state index is 0.0296. The molecule has 11 heteroatoms. The zero-order chi connectivity index (χ0) is 23.4. The number of hydroxylamine groups is 1. The molecule has 1 saturated heterocycles. The van der Waals surface area contributed by atoms with E-state index in [9.17, 15) is 8.42 Å². The van der Waals surface area contributed by atoms with E-state index in [1.54, 1.807) is 12.4 Å². The molecule has 1 aliphatic heterocycles. The van der Waals surface area contributed by atoms with Crippen LogP contribution in [-0.4, -0.2) is 85.7 Å². The highest BCUT2D eigenvalue weighted by Gasteiger charge is 2.33. The van der Waals surface area contributed by atoms with Crippen LogP contribution in [0, 0.1) is 0 Å². The van der Waals surface area contributed by atoms with Crippen molar-refractivity contribution in [2.75, 3.05) is 57.1 Å². The summed E-state index contributed by atoms with van der Waals surface area (Å²) < 4.78 is 32.8. The molecule has 9 nitrogen and oxygen atoms in total. The molecule has 2 heterocycles. The molecular formula is C22H37N5O4S2. The van der Waals surface area contributed by atoms with Gasteiger partial charge in [-0.2, -0.15) is 0 Å². The summed E-state index contributed by atoms with van der Waals surface area (Å²) in [5.74, 6) is 0.112. The lowest BCUT2D eigenvalue weighted by molar-refractivity contribution is -0.118. The Balaban J connectivity index is 1.35. The third-order valence-corrected chi connectivity index (χ3v) is 7.93. The third kappa shape index (κ3) is 9.42. The smallest absolute Gasteiger partial charge is 0.236 e. The summed E-state index contributed by atoms with van der Waals surface area (Å²) in [5.41, 5.74) is 0.884. The molecule has 186 valence electrons. The van der Waals surface area contributed by atoms with Gasteiger partial charge >= 0.3 is 0 Å². The molecule has 2 N–H and O–H groups in total. The Morgan fingerprint density at radius 2 is 1.91 bits per heavy atom. The molecule has 0 aromatic carbocycles. The molecule has 3 rings (SSSR count). The summed E-state index contributed by atoms with van der Waals surface area (Å²) in [6.07, 6.45) is 9.52. The summed E-state index contributed by atoms with van der Waals surface area (Å²) >= 11 is 5.28. The van der Waals surface area contributed by atoms with Crippen LogP contribution in [0.1, 0.15) is 44.9 Å². The number of pyridine rings is 1. The van der Waals surface area contributed by atoms with Gasteiger partial charge in [-0.05, 0) is 50.0 Å². The van der Waals surface area contributed by atoms with E-state index < -0.39 is 10.0 Å². The molecule has 2 fully saturated rings. The fraction of sp³-hybridized carbons (Fsp3) is 0.727. The van der Waals surface area contributed by atoms with Crippen LogP contribution in [0.5, 0.6) is 0 Å². The Morgan fingerprint density at radius 3 is 2.64 bits per heavy atom. The number of unbranched alkanes of at least 4 members (excludes halogenated alkanes) is 2. The highest BCUT2D eigenvalue weighted by molar-refractivity contribution is 7.88. The summed E-state index contributed by atoms with van der Waals surface area (Å²) in [6.45, 7) is 5.00. The molecule has 0 bridgehead atoms. The lowest BCUT2D eigenvalue weighted by Gasteiger charge is -2.30. The second kappa shape index (κ2) is 14.1. The zero-order valence-electron chi connectivity index (χ0n) is 19.3. The fourth-order valence-corrected chi connectivity index (χ4v) is 5.97. The van der Waals surface area contributed by atoms with E-state index in [-0.39, 0.29) is 11.8 Å². The second-order valence-electron chi connectivity index (χ2n) is 8.47. The first-order valence-electron chi connectivity index (χ1n) is 11.9. The van der Waals surface area contributed by atoms with E-state index in [1.165, 1.54) is 4.47 Å². The van der Waals surface area contributed by atoms with Crippen LogP contribution < -0.4 is 10.6 Å². The van der Waals surface area contributed by atoms with Gasteiger partial charge in [0.15, 0.2) is 5.11 Å². The van der Waals surface area contributed by atoms with Gasteiger partial charge < -0.3 is 15.4 Å². The van der Waals surface area contributed by atoms with Gasteiger partial charge in [-0.25, -0.2) is 8.42 Å². The Labute approximate surface area is 203 Å². The number of ether oxygens (including phenoxy) is 1. The fourth-order valence-electron chi connectivity index (χ4n) is 4.10. The highest BCUT2D eigenvalue weighted by atomic mass is 32.2. The summed E-state index contributed by atoms with van der Waals surface area (Å²) in [4.78, 5) is 12.1. The van der Waals surface area contributed by atoms with E-state index in [1.807, 2.05) is 12.1 Å². The number of anilines is 1. The molecule has 2 aliphatic rings. The molecule has 0 spiro atoms. The van der Waals surface area contributed by atoms with Crippen molar-refractivity contribution >= 4 is 33.0 Å². The lowest BCUT2D eigenvalue weighted by Crippen LogP contribution is -2.43. The Kier molecular flexibility index (Phi) is 11.2. The van der Waals surface area contributed by atoms with Gasteiger partial charge in [0.2, 0.25) is 10.0 Å². The first kappa shape index (κ1) is 26.2. The van der Waals surface area contributed by atoms with Gasteiger partial charge in [-0.15, -0.1) is 0 Å². The normalized spacial score (nSPS) is 18.0. The summed E-state index contributed by atoms with van der Waals surface area (Å²) in [6, 6.07) is 3.66. The predicted molar refractivity (Wildman–Crippen MR) is 133 cm³/mol. The standard InChI is InChI=1S/C22H37N5O4S2/c28-33(29,19-5-1-4-10-24-22(32)25-20-8-11-23-12-9-20)27(21-6-2-3-7-21)31-18-15-26-13-16-30-17-14-26/h8-9,11-12,21H,1-7,10,13-19H2,(H2,23,24,25,32). The van der Waals surface area contributed by atoms with Gasteiger partial charge in [0.1, 0.15) is 0 Å². The molecule has 0 atom stereocenters. The van der Waals surface area contributed by atoms with Crippen molar-refractivity contribution in [1.82, 2.24) is 19.7 Å². The lowest BCUT2D eigenvalue weighted by atomic mass is 10.2. The van der Waals surface area contributed by atoms with Crippen LogP contribution in [0.25, 0.3) is 0 Å². The predicted octanol–water partition coefficient (Wildman–Crippen LogP) is 2.38. The van der Waals surface area contributed by atoms with Gasteiger partial charge in [-0.1, -0.05) is 23.7 Å². The topological polar surface area (TPSA) is 96.0 Å². The van der Waals surface area contributed by atoms with Crippen LogP contribution in [0.15, 0.2) is 24.5 Å². The number of aromatic nitrogens is 1. The Hall–Kier alpha value is -1.37. The molecule has 0 unspecified atom stereocenters. The van der Waals surface area contributed by atoms with Crippen molar-refractivity contribution in [1.29, 1.82) is 0 Å². The average molecular weight is 500 g/mol. The highest BCUT2D eigenvalue weighted by Crippen LogP contribution is 2.26. The zero-order valence-corrected chi connectivity index (χ0v) is 20.9. The van der Waals surface area contributed by atoms with Crippen molar-refractivity contribution in [3.63, 3.8) is 0 Å². The molecule has 0 radical (unpaired) electrons. The van der Waals surface area contributed by atoms with E-state index in [0.29, 0.717) is 24.7 Å². The third-order valence-electron chi connectivity index (χ3n) is 5.93. The summed E-state index contributed by atoms with van der Waals surface area (Å²) in [7, 11) is -3.45. The van der Waals surface area contributed by atoms with Gasteiger partial charge in [0.05, 0.1) is 31.6 Å². The Morgan fingerprint density at radius 1 is 1.18 bits per heavy atom. The molecule has 1 aliphatic carbocycles. The first-order chi connectivity index (χ1) is 16.0. The van der Waals surface area contributed by atoms with Crippen LogP contribution >= 0.6 is 12.2 Å². The van der Waals surface area contributed by atoms with Crippen LogP contribution in [0.3, 0.4) is 0 Å². The number of rotatable bonds is 13. The maximum absolute atomic E-state index is 13.1. The number of hydrogen-bond acceptors (Lipinski definition) is 7. The van der Waals surface area contributed by atoms with E-state index in [0.717, 1.165) is 77.1 Å². The van der Waals surface area contributed by atoms with E-state index in [4.69, 9.17) is 21.8 Å². The number of nitrogens with one attached hydrogen (secondary N) is 2. The van der Waals surface area contributed by atoms with Crippen LogP contribution in [0.2, 0.25) is 0 Å². The van der Waals surface area contributed by atoms with Gasteiger partial charge in [-0.3, -0.25) is 14.7 Å². The summed E-state index contributed by atoms with van der Waals surface area (Å²) in [5, 5.41) is 6.81. The quantitative estimate of drug-likeness (QED) is 0.241. The number of morpholine rings is 1. The maximum atomic E-state index is 13.1. The molecular weight excluding hydrogens is 462 g/mol. The molecule has 1 aromatic rings. The first-order valence-corrected chi connectivity index (χ1v) is 14.0. The van der Waals surface area contributed by atoms with Crippen LogP contribution in [-0.2, 0) is 19.6 Å². The van der Waals surface area contributed by atoms with Crippen molar-refractivity contribution in [2.24, 2.45) is 0 Å². The molecule has 33 heavy (non-hydrogen) atoms.